The van der Waals surface area contributed by atoms with Crippen LogP contribution in [0.1, 0.15) is 31.2 Å². The predicted molar refractivity (Wildman–Crippen MR) is 91.7 cm³/mol. The van der Waals surface area contributed by atoms with Crippen LogP contribution in [0.4, 0.5) is 0 Å². The average Bonchev–Trinajstić information content (AvgIpc) is 3.11. The van der Waals surface area contributed by atoms with Crippen LogP contribution < -0.4 is 15.2 Å². The second kappa shape index (κ2) is 8.38. The van der Waals surface area contributed by atoms with Gasteiger partial charge in [0.25, 0.3) is 0 Å². The number of carbonyl (C=O) groups is 2. The molecule has 1 aliphatic rings. The standard InChI is InChI=1S/C18H24N2O4/c1-23-15-8-9-16(24-2)13(11-15)7-10-18(22)20(12-17(19)21)14-5-3-4-6-14/h7-11,14H,3-6,12H2,1-2H3,(H2,19,21). The first-order chi connectivity index (χ1) is 11.5. The summed E-state index contributed by atoms with van der Waals surface area (Å²) in [6.45, 7) is -0.0525. The molecule has 6 nitrogen and oxygen atoms in total. The summed E-state index contributed by atoms with van der Waals surface area (Å²) in [5.74, 6) is 0.600. The highest BCUT2D eigenvalue weighted by Crippen LogP contribution is 2.26. The van der Waals surface area contributed by atoms with Crippen molar-refractivity contribution in [2.75, 3.05) is 20.8 Å². The molecule has 24 heavy (non-hydrogen) atoms. The maximum absolute atomic E-state index is 12.6. The van der Waals surface area contributed by atoms with Crippen molar-refractivity contribution in [3.8, 4) is 11.5 Å². The number of methoxy groups -OCH3 is 2. The molecule has 0 unspecified atom stereocenters. The fraction of sp³-hybridized carbons (Fsp3) is 0.444. The first-order valence-corrected chi connectivity index (χ1v) is 8.04. The van der Waals surface area contributed by atoms with Crippen molar-refractivity contribution in [1.82, 2.24) is 4.90 Å². The molecule has 1 aromatic rings. The Morgan fingerprint density at radius 3 is 2.54 bits per heavy atom. The van der Waals surface area contributed by atoms with Crippen molar-refractivity contribution in [1.29, 1.82) is 0 Å². The molecule has 0 aromatic heterocycles. The van der Waals surface area contributed by atoms with Crippen molar-refractivity contribution < 1.29 is 19.1 Å². The Labute approximate surface area is 142 Å². The number of ether oxygens (including phenoxy) is 2. The van der Waals surface area contributed by atoms with E-state index >= 15 is 0 Å². The monoisotopic (exact) mass is 332 g/mol. The molecule has 2 N–H and O–H groups in total. The molecule has 0 atom stereocenters. The van der Waals surface area contributed by atoms with Gasteiger partial charge < -0.3 is 20.1 Å². The first-order valence-electron chi connectivity index (χ1n) is 8.04. The zero-order valence-corrected chi connectivity index (χ0v) is 14.2. The average molecular weight is 332 g/mol. The fourth-order valence-electron chi connectivity index (χ4n) is 3.00. The number of hydrogen-bond acceptors (Lipinski definition) is 4. The molecule has 2 rings (SSSR count). The van der Waals surface area contributed by atoms with Crippen LogP contribution in [0.2, 0.25) is 0 Å². The number of primary amides is 1. The van der Waals surface area contributed by atoms with Crippen LogP contribution in [0, 0.1) is 0 Å². The number of carbonyl (C=O) groups excluding carboxylic acids is 2. The lowest BCUT2D eigenvalue weighted by Crippen LogP contribution is -2.43. The van der Waals surface area contributed by atoms with E-state index < -0.39 is 5.91 Å². The second-order valence-corrected chi connectivity index (χ2v) is 5.81. The minimum atomic E-state index is -0.498. The molecule has 0 spiro atoms. The maximum atomic E-state index is 12.6. The molecular formula is C18H24N2O4. The quantitative estimate of drug-likeness (QED) is 0.774. The van der Waals surface area contributed by atoms with Gasteiger partial charge in [-0.05, 0) is 37.1 Å². The normalized spacial score (nSPS) is 14.8. The smallest absolute Gasteiger partial charge is 0.247 e. The predicted octanol–water partition coefficient (Wildman–Crippen LogP) is 1.97. The van der Waals surface area contributed by atoms with Gasteiger partial charge in [-0.1, -0.05) is 12.8 Å². The van der Waals surface area contributed by atoms with E-state index in [1.165, 1.54) is 6.08 Å². The van der Waals surface area contributed by atoms with Gasteiger partial charge in [-0.3, -0.25) is 9.59 Å². The van der Waals surface area contributed by atoms with Crippen LogP contribution in [-0.4, -0.2) is 43.5 Å². The summed E-state index contributed by atoms with van der Waals surface area (Å²) in [4.78, 5) is 25.4. The van der Waals surface area contributed by atoms with Gasteiger partial charge in [0.05, 0.1) is 20.8 Å². The van der Waals surface area contributed by atoms with E-state index in [4.69, 9.17) is 15.2 Å². The summed E-state index contributed by atoms with van der Waals surface area (Å²) in [7, 11) is 3.15. The van der Waals surface area contributed by atoms with Crippen LogP contribution in [0.3, 0.4) is 0 Å². The Hall–Kier alpha value is -2.50. The Kier molecular flexibility index (Phi) is 6.23. The summed E-state index contributed by atoms with van der Waals surface area (Å²) in [5, 5.41) is 0. The molecule has 0 radical (unpaired) electrons. The third-order valence-corrected chi connectivity index (χ3v) is 4.22. The lowest BCUT2D eigenvalue weighted by atomic mass is 10.1. The van der Waals surface area contributed by atoms with Gasteiger partial charge in [-0.25, -0.2) is 0 Å². The summed E-state index contributed by atoms with van der Waals surface area (Å²) in [6, 6.07) is 5.44. The Morgan fingerprint density at radius 1 is 1.25 bits per heavy atom. The second-order valence-electron chi connectivity index (χ2n) is 5.81. The minimum absolute atomic E-state index is 0.0525. The van der Waals surface area contributed by atoms with Crippen LogP contribution in [0.5, 0.6) is 11.5 Å². The zero-order chi connectivity index (χ0) is 17.5. The molecule has 0 aliphatic heterocycles. The Bertz CT molecular complexity index is 621. The largest absolute Gasteiger partial charge is 0.497 e. The van der Waals surface area contributed by atoms with E-state index in [-0.39, 0.29) is 18.5 Å². The lowest BCUT2D eigenvalue weighted by molar-refractivity contribution is -0.133. The van der Waals surface area contributed by atoms with Crippen LogP contribution in [-0.2, 0) is 9.59 Å². The van der Waals surface area contributed by atoms with Gasteiger partial charge in [0, 0.05) is 17.7 Å². The van der Waals surface area contributed by atoms with E-state index in [0.29, 0.717) is 11.5 Å². The molecule has 1 aliphatic carbocycles. The van der Waals surface area contributed by atoms with Gasteiger partial charge in [-0.2, -0.15) is 0 Å². The maximum Gasteiger partial charge on any atom is 0.247 e. The van der Waals surface area contributed by atoms with Crippen molar-refractivity contribution >= 4 is 17.9 Å². The van der Waals surface area contributed by atoms with Crippen molar-refractivity contribution in [3.63, 3.8) is 0 Å². The Balaban J connectivity index is 2.18. The van der Waals surface area contributed by atoms with Gasteiger partial charge >= 0.3 is 0 Å². The van der Waals surface area contributed by atoms with E-state index in [2.05, 4.69) is 0 Å². The molecule has 0 saturated heterocycles. The Morgan fingerprint density at radius 2 is 1.96 bits per heavy atom. The third-order valence-electron chi connectivity index (χ3n) is 4.22. The van der Waals surface area contributed by atoms with Crippen molar-refractivity contribution in [2.24, 2.45) is 5.73 Å². The van der Waals surface area contributed by atoms with Crippen LogP contribution >= 0.6 is 0 Å². The van der Waals surface area contributed by atoms with Gasteiger partial charge in [0.1, 0.15) is 11.5 Å². The lowest BCUT2D eigenvalue weighted by Gasteiger charge is -2.26. The zero-order valence-electron chi connectivity index (χ0n) is 14.2. The summed E-state index contributed by atoms with van der Waals surface area (Å²) in [6.07, 6.45) is 7.09. The molecule has 6 heteroatoms. The number of rotatable bonds is 7. The molecule has 0 heterocycles. The van der Waals surface area contributed by atoms with Gasteiger partial charge in [-0.15, -0.1) is 0 Å². The molecule has 130 valence electrons. The summed E-state index contributed by atoms with van der Waals surface area (Å²) < 4.78 is 10.5. The van der Waals surface area contributed by atoms with Gasteiger partial charge in [0.15, 0.2) is 0 Å². The molecule has 0 bridgehead atoms. The molecule has 1 fully saturated rings. The van der Waals surface area contributed by atoms with E-state index in [1.54, 1.807) is 43.4 Å². The van der Waals surface area contributed by atoms with Crippen molar-refractivity contribution in [3.05, 3.63) is 29.8 Å². The van der Waals surface area contributed by atoms with Crippen molar-refractivity contribution in [2.45, 2.75) is 31.7 Å². The number of nitrogens with zero attached hydrogens (tertiary/aromatic N) is 1. The number of amides is 2. The fourth-order valence-corrected chi connectivity index (χ4v) is 3.00. The van der Waals surface area contributed by atoms with Gasteiger partial charge in [0.2, 0.25) is 11.8 Å². The summed E-state index contributed by atoms with van der Waals surface area (Å²) in [5.41, 5.74) is 6.03. The van der Waals surface area contributed by atoms with Crippen LogP contribution in [0.15, 0.2) is 24.3 Å². The molecule has 1 aromatic carbocycles. The molecule has 1 saturated carbocycles. The number of nitrogens with two attached hydrogens (primary N) is 1. The first kappa shape index (κ1) is 17.8. The molecular weight excluding hydrogens is 308 g/mol. The van der Waals surface area contributed by atoms with E-state index in [9.17, 15) is 9.59 Å². The minimum Gasteiger partial charge on any atom is -0.497 e. The third kappa shape index (κ3) is 4.50. The highest BCUT2D eigenvalue weighted by atomic mass is 16.5. The van der Waals surface area contributed by atoms with E-state index in [1.807, 2.05) is 0 Å². The summed E-state index contributed by atoms with van der Waals surface area (Å²) >= 11 is 0. The number of benzene rings is 1. The highest BCUT2D eigenvalue weighted by molar-refractivity contribution is 5.94. The van der Waals surface area contributed by atoms with Crippen LogP contribution in [0.25, 0.3) is 6.08 Å². The number of hydrogen-bond donors (Lipinski definition) is 1. The molecule has 2 amide bonds. The highest BCUT2D eigenvalue weighted by Gasteiger charge is 2.26. The van der Waals surface area contributed by atoms with E-state index in [0.717, 1.165) is 31.2 Å². The SMILES string of the molecule is COc1ccc(OC)c(C=CC(=O)N(CC(N)=O)C2CCCC2)c1. The topological polar surface area (TPSA) is 81.9 Å².